The first-order valence-corrected chi connectivity index (χ1v) is 10.6. The van der Waals surface area contributed by atoms with Gasteiger partial charge in [0.05, 0.1) is 11.3 Å². The Morgan fingerprint density at radius 2 is 1.95 bits per heavy atom. The van der Waals surface area contributed by atoms with E-state index in [0.29, 0.717) is 0 Å². The normalized spacial score (nSPS) is 19.1. The van der Waals surface area contributed by atoms with Crippen LogP contribution < -0.4 is 0 Å². The molecule has 1 fully saturated rings. The van der Waals surface area contributed by atoms with Crippen molar-refractivity contribution in [2.45, 2.75) is 25.1 Å². The van der Waals surface area contributed by atoms with Crippen LogP contribution in [0.4, 0.5) is 18.9 Å². The van der Waals surface area contributed by atoms with Crippen molar-refractivity contribution < 1.29 is 24.1 Å². The molecule has 1 heterocycles. The second-order valence-corrected chi connectivity index (χ2v) is 8.94. The zero-order chi connectivity index (χ0) is 15.0. The molecule has 0 N–H and O–H groups in total. The monoisotopic (exact) mass is 457 g/mol. The zero-order valence-corrected chi connectivity index (χ0v) is 14.3. The summed E-state index contributed by atoms with van der Waals surface area (Å²) in [7, 11) is 1.25. The Morgan fingerprint density at radius 3 is 2.50 bits per heavy atom. The van der Waals surface area contributed by atoms with Crippen LogP contribution in [-0.4, -0.2) is 18.8 Å². The van der Waals surface area contributed by atoms with Crippen LogP contribution in [0.5, 0.6) is 0 Å². The molecule has 0 saturated carbocycles. The molecule has 0 amide bonds. The number of halogens is 5. The van der Waals surface area contributed by atoms with E-state index in [1.54, 1.807) is 6.07 Å². The van der Waals surface area contributed by atoms with E-state index in [2.05, 4.69) is 38.8 Å². The van der Waals surface area contributed by atoms with Crippen molar-refractivity contribution in [3.8, 4) is 0 Å². The van der Waals surface area contributed by atoms with Gasteiger partial charge in [0.25, 0.3) is 0 Å². The second kappa shape index (κ2) is 9.18. The molecule has 0 radical (unpaired) electrons. The van der Waals surface area contributed by atoms with Crippen LogP contribution in [0.3, 0.4) is 0 Å². The summed E-state index contributed by atoms with van der Waals surface area (Å²) in [6.07, 6.45) is -0.992. The average Bonchev–Trinajstić information content (AvgIpc) is 2.90. The van der Waals surface area contributed by atoms with Crippen molar-refractivity contribution in [3.05, 3.63) is 35.1 Å². The van der Waals surface area contributed by atoms with Crippen molar-refractivity contribution in [3.63, 3.8) is 0 Å². The molecule has 115 valence electrons. The maximum absolute atomic E-state index is 12.7. The molecule has 1 saturated heterocycles. The third kappa shape index (κ3) is 6.25. The van der Waals surface area contributed by atoms with Gasteiger partial charge >= 0.3 is 45.5 Å². The predicted molar refractivity (Wildman–Crippen MR) is 78.7 cm³/mol. The summed E-state index contributed by atoms with van der Waals surface area (Å²) >= 11 is 6.00. The van der Waals surface area contributed by atoms with Gasteiger partial charge in [0.15, 0.2) is 0 Å². The molecular formula is C12H12Br2F3N2Ni. The van der Waals surface area contributed by atoms with Crippen LogP contribution in [0.1, 0.15) is 18.4 Å². The summed E-state index contributed by atoms with van der Waals surface area (Å²) in [6.45, 7) is 0.775. The van der Waals surface area contributed by atoms with Gasteiger partial charge in [0, 0.05) is 0 Å². The summed E-state index contributed by atoms with van der Waals surface area (Å²) in [5.74, 6) is 0. The molecular weight excluding hydrogens is 448 g/mol. The van der Waals surface area contributed by atoms with Gasteiger partial charge in [0.2, 0.25) is 0 Å². The van der Waals surface area contributed by atoms with Crippen molar-refractivity contribution in [2.24, 2.45) is 4.99 Å². The number of hydrogen-bond donors (Lipinski definition) is 0. The molecule has 2 rings (SSSR count). The van der Waals surface area contributed by atoms with Crippen LogP contribution in [0, 0.1) is 0 Å². The maximum atomic E-state index is 12.7. The molecule has 8 heteroatoms. The van der Waals surface area contributed by atoms with E-state index in [1.807, 2.05) is 0 Å². The predicted octanol–water partition coefficient (Wildman–Crippen LogP) is 5.63. The van der Waals surface area contributed by atoms with E-state index in [4.69, 9.17) is 0 Å². The van der Waals surface area contributed by atoms with Crippen LogP contribution >= 0.6 is 28.5 Å². The Morgan fingerprint density at radius 1 is 1.30 bits per heavy atom. The van der Waals surface area contributed by atoms with Crippen LogP contribution in [-0.2, 0) is 17.1 Å². The van der Waals surface area contributed by atoms with Gasteiger partial charge in [-0.15, -0.1) is 6.54 Å². The quantitative estimate of drug-likeness (QED) is 0.405. The fourth-order valence-electron chi connectivity index (χ4n) is 1.76. The van der Waals surface area contributed by atoms with Gasteiger partial charge in [-0.25, -0.2) is 0 Å². The molecule has 0 aliphatic carbocycles. The van der Waals surface area contributed by atoms with Crippen molar-refractivity contribution in [2.75, 3.05) is 6.54 Å². The molecule has 0 aromatic heterocycles. The molecule has 20 heavy (non-hydrogen) atoms. The third-order valence-electron chi connectivity index (χ3n) is 2.62. The summed E-state index contributed by atoms with van der Waals surface area (Å²) < 4.78 is 38.0. The Labute approximate surface area is 136 Å². The standard InChI is InChI=1S/C12H12F3N2.2BrH.Ni/c13-12(14,15)10-5-1-2-6-11(10)17-8-9-4-3-7-16-9;;;/h1-2,5-6,8-9H,3-4,7H2;2*1H;/q-1;;;+3/p-2. The molecule has 0 bridgehead atoms. The van der Waals surface area contributed by atoms with Crippen LogP contribution in [0.2, 0.25) is 0 Å². The van der Waals surface area contributed by atoms with Gasteiger partial charge in [-0.3, -0.25) is 4.99 Å². The number of nitrogens with zero attached hydrogens (tertiary/aromatic N) is 2. The summed E-state index contributed by atoms with van der Waals surface area (Å²) in [6, 6.07) is 5.29. The molecule has 1 unspecified atom stereocenters. The number of rotatable bonds is 2. The molecule has 2 nitrogen and oxygen atoms in total. The molecule has 1 atom stereocenters. The van der Waals surface area contributed by atoms with Gasteiger partial charge < -0.3 is 5.32 Å². The molecule has 1 aliphatic heterocycles. The van der Waals surface area contributed by atoms with Gasteiger partial charge in [-0.2, -0.15) is 13.2 Å². The summed E-state index contributed by atoms with van der Waals surface area (Å²) in [5, 5.41) is 4.21. The van der Waals surface area contributed by atoms with Crippen molar-refractivity contribution >= 4 is 40.4 Å². The Balaban J connectivity index is 0.000000612. The Kier molecular flexibility index (Phi) is 8.33. The van der Waals surface area contributed by atoms with E-state index >= 15 is 0 Å². The second-order valence-electron chi connectivity index (χ2n) is 3.95. The number of benzene rings is 1. The number of alkyl halides is 3. The fraction of sp³-hybridized carbons (Fsp3) is 0.417. The van der Waals surface area contributed by atoms with E-state index in [1.165, 1.54) is 29.2 Å². The molecule has 0 spiro atoms. The third-order valence-corrected chi connectivity index (χ3v) is 2.62. The number of hydrogen-bond acceptors (Lipinski definition) is 1. The molecule has 1 aliphatic rings. The average molecular weight is 460 g/mol. The zero-order valence-electron chi connectivity index (χ0n) is 10.2. The SMILES string of the molecule is FC(F)(F)c1ccccc1N=CC1CCC[N-]1.[Br][Ni+][Br]. The summed E-state index contributed by atoms with van der Waals surface area (Å²) in [5.41, 5.74) is -0.739. The van der Waals surface area contributed by atoms with E-state index < -0.39 is 11.7 Å². The Hall–Kier alpha value is 0.0935. The fourth-order valence-corrected chi connectivity index (χ4v) is 1.76. The van der Waals surface area contributed by atoms with E-state index in [0.717, 1.165) is 25.5 Å². The van der Waals surface area contributed by atoms with Crippen molar-refractivity contribution in [1.82, 2.24) is 0 Å². The topological polar surface area (TPSA) is 26.5 Å². The number of para-hydroxylation sites is 1. The van der Waals surface area contributed by atoms with E-state index in [-0.39, 0.29) is 11.7 Å². The minimum absolute atomic E-state index is 0.0312. The first-order valence-electron chi connectivity index (χ1n) is 5.68. The minimum atomic E-state index is -4.36. The molecule has 1 aromatic rings. The van der Waals surface area contributed by atoms with Gasteiger partial charge in [0.1, 0.15) is 0 Å². The first kappa shape index (κ1) is 18.1. The first-order chi connectivity index (χ1) is 9.49. The van der Waals surface area contributed by atoms with Crippen LogP contribution in [0.25, 0.3) is 5.32 Å². The van der Waals surface area contributed by atoms with Gasteiger partial charge in [-0.05, 0) is 18.3 Å². The van der Waals surface area contributed by atoms with Gasteiger partial charge in [-0.1, -0.05) is 31.0 Å². The summed E-state index contributed by atoms with van der Waals surface area (Å²) in [4.78, 5) is 3.92. The number of aliphatic imine (C=N–C) groups is 1. The van der Waals surface area contributed by atoms with E-state index in [9.17, 15) is 13.2 Å². The Bertz CT molecular complexity index is 435. The van der Waals surface area contributed by atoms with Crippen molar-refractivity contribution in [1.29, 1.82) is 0 Å². The van der Waals surface area contributed by atoms with Crippen LogP contribution in [0.15, 0.2) is 29.3 Å². The molecule has 1 aromatic carbocycles.